The summed E-state index contributed by atoms with van der Waals surface area (Å²) in [5.74, 6) is 1.44. The van der Waals surface area contributed by atoms with Crippen molar-refractivity contribution >= 4 is 27.4 Å². The molecule has 3 aliphatic rings. The second-order valence-electron chi connectivity index (χ2n) is 8.56. The summed E-state index contributed by atoms with van der Waals surface area (Å²) in [6.07, 6.45) is 11.3. The Labute approximate surface area is 167 Å². The van der Waals surface area contributed by atoms with Gasteiger partial charge in [-0.25, -0.2) is 4.98 Å². The lowest BCUT2D eigenvalue weighted by Crippen LogP contribution is -2.29. The summed E-state index contributed by atoms with van der Waals surface area (Å²) in [6.45, 7) is 0. The van der Waals surface area contributed by atoms with Gasteiger partial charge in [-0.1, -0.05) is 12.8 Å². The molecule has 0 aliphatic heterocycles. The Morgan fingerprint density at radius 3 is 2.89 bits per heavy atom. The molecule has 0 radical (unpaired) electrons. The lowest BCUT2D eigenvalue weighted by molar-refractivity contribution is 0.298. The molecule has 142 valence electrons. The molecule has 3 N–H and O–H groups in total. The number of halogens is 1. The van der Waals surface area contributed by atoms with Crippen molar-refractivity contribution < 1.29 is 0 Å². The fraction of sp³-hybridized carbons (Fsp3) is 0.650. The van der Waals surface area contributed by atoms with Gasteiger partial charge < -0.3 is 11.1 Å². The van der Waals surface area contributed by atoms with Gasteiger partial charge in [0, 0.05) is 29.5 Å². The minimum Gasteiger partial charge on any atom is -0.367 e. The Morgan fingerprint density at radius 1 is 1.37 bits per heavy atom. The molecular weight excluding hydrogens is 404 g/mol. The zero-order valence-corrected chi connectivity index (χ0v) is 17.0. The number of hydrogen-bond acceptors (Lipinski definition) is 5. The van der Waals surface area contributed by atoms with E-state index in [0.717, 1.165) is 54.5 Å². The highest BCUT2D eigenvalue weighted by atomic mass is 79.9. The van der Waals surface area contributed by atoms with Gasteiger partial charge in [0.05, 0.1) is 22.4 Å². The summed E-state index contributed by atoms with van der Waals surface area (Å²) in [7, 11) is 0. The molecule has 0 aromatic carbocycles. The fourth-order valence-corrected chi connectivity index (χ4v) is 6.11. The van der Waals surface area contributed by atoms with Gasteiger partial charge >= 0.3 is 0 Å². The Kier molecular flexibility index (Phi) is 4.17. The number of fused-ring (bicyclic) bond motifs is 3. The van der Waals surface area contributed by atoms with Crippen LogP contribution in [0.5, 0.6) is 0 Å². The van der Waals surface area contributed by atoms with Crippen LogP contribution in [0.1, 0.15) is 62.6 Å². The smallest absolute Gasteiger partial charge is 0.171 e. The maximum absolute atomic E-state index is 9.45. The number of nitrogens with zero attached hydrogens (tertiary/aromatic N) is 4. The van der Waals surface area contributed by atoms with Gasteiger partial charge in [0.1, 0.15) is 5.82 Å². The fourth-order valence-electron chi connectivity index (χ4n) is 5.76. The third kappa shape index (κ3) is 2.60. The summed E-state index contributed by atoms with van der Waals surface area (Å²) < 4.78 is 2.87. The van der Waals surface area contributed by atoms with E-state index in [1.165, 1.54) is 24.1 Å². The van der Waals surface area contributed by atoms with E-state index in [1.54, 1.807) is 0 Å². The Balaban J connectivity index is 1.66. The predicted molar refractivity (Wildman–Crippen MR) is 107 cm³/mol. The zero-order valence-electron chi connectivity index (χ0n) is 15.4. The van der Waals surface area contributed by atoms with Crippen LogP contribution in [0.4, 0.5) is 5.82 Å². The van der Waals surface area contributed by atoms with Gasteiger partial charge in [0.2, 0.25) is 0 Å². The van der Waals surface area contributed by atoms with Crippen LogP contribution in [-0.4, -0.2) is 26.7 Å². The number of nitriles is 1. The van der Waals surface area contributed by atoms with E-state index in [4.69, 9.17) is 10.7 Å². The first-order valence-electron chi connectivity index (χ1n) is 10.1. The second kappa shape index (κ2) is 6.46. The number of nitrogens with two attached hydrogens (primary N) is 1. The molecule has 6 nitrogen and oxygen atoms in total. The van der Waals surface area contributed by atoms with Crippen LogP contribution in [0.25, 0.3) is 5.65 Å². The number of hydrogen-bond donors (Lipinski definition) is 2. The molecule has 27 heavy (non-hydrogen) atoms. The molecule has 0 amide bonds. The van der Waals surface area contributed by atoms with E-state index in [0.29, 0.717) is 18.4 Å². The van der Waals surface area contributed by atoms with Gasteiger partial charge in [0.25, 0.3) is 0 Å². The first-order chi connectivity index (χ1) is 13.1. The minimum absolute atomic E-state index is 0.0685. The quantitative estimate of drug-likeness (QED) is 0.777. The zero-order chi connectivity index (χ0) is 18.6. The van der Waals surface area contributed by atoms with Crippen LogP contribution in [0, 0.1) is 17.2 Å². The first kappa shape index (κ1) is 17.4. The maximum Gasteiger partial charge on any atom is 0.171 e. The van der Waals surface area contributed by atoms with E-state index in [1.807, 2.05) is 10.7 Å². The van der Waals surface area contributed by atoms with Crippen molar-refractivity contribution in [1.29, 1.82) is 5.26 Å². The lowest BCUT2D eigenvalue weighted by atomic mass is 9.74. The molecule has 0 bridgehead atoms. The maximum atomic E-state index is 9.45. The molecule has 2 aromatic heterocycles. The van der Waals surface area contributed by atoms with Crippen molar-refractivity contribution in [2.24, 2.45) is 11.7 Å². The van der Waals surface area contributed by atoms with E-state index >= 15 is 0 Å². The molecule has 0 saturated heterocycles. The van der Waals surface area contributed by atoms with Gasteiger partial charge in [-0.05, 0) is 60.4 Å². The van der Waals surface area contributed by atoms with E-state index in [9.17, 15) is 5.26 Å². The molecule has 1 unspecified atom stereocenters. The largest absolute Gasteiger partial charge is 0.367 e. The van der Waals surface area contributed by atoms with Gasteiger partial charge in [0.15, 0.2) is 5.65 Å². The predicted octanol–water partition coefficient (Wildman–Crippen LogP) is 3.68. The Bertz CT molecular complexity index is 923. The van der Waals surface area contributed by atoms with Gasteiger partial charge in [-0.15, -0.1) is 0 Å². The normalized spacial score (nSPS) is 28.7. The number of rotatable bonds is 3. The van der Waals surface area contributed by atoms with Crippen LogP contribution in [-0.2, 0) is 11.8 Å². The highest BCUT2D eigenvalue weighted by Gasteiger charge is 2.51. The Morgan fingerprint density at radius 2 is 2.19 bits per heavy atom. The number of aromatic nitrogens is 3. The van der Waals surface area contributed by atoms with Crippen LogP contribution in [0.3, 0.4) is 0 Å². The highest BCUT2D eigenvalue weighted by Crippen LogP contribution is 2.55. The summed E-state index contributed by atoms with van der Waals surface area (Å²) >= 11 is 3.63. The van der Waals surface area contributed by atoms with Crippen molar-refractivity contribution in [1.82, 2.24) is 14.6 Å². The summed E-state index contributed by atoms with van der Waals surface area (Å²) in [5.41, 5.74) is 9.59. The molecule has 2 fully saturated rings. The van der Waals surface area contributed by atoms with Crippen LogP contribution in [0.15, 0.2) is 10.7 Å². The topological polar surface area (TPSA) is 92.0 Å². The number of anilines is 1. The molecule has 2 saturated carbocycles. The minimum atomic E-state index is 0.0685. The van der Waals surface area contributed by atoms with Crippen molar-refractivity contribution in [3.63, 3.8) is 0 Å². The summed E-state index contributed by atoms with van der Waals surface area (Å²) in [6, 6.07) is 3.11. The molecule has 2 aromatic rings. The molecule has 7 heteroatoms. The molecule has 1 spiro atoms. The van der Waals surface area contributed by atoms with Crippen LogP contribution in [0.2, 0.25) is 0 Å². The number of nitrogens with one attached hydrogen (secondary N) is 1. The molecular formula is C20H25BrN6. The van der Waals surface area contributed by atoms with Crippen molar-refractivity contribution in [3.8, 4) is 6.07 Å². The average molecular weight is 429 g/mol. The van der Waals surface area contributed by atoms with E-state index < -0.39 is 0 Å². The average Bonchev–Trinajstić information content (AvgIpc) is 3.41. The standard InChI is InChI=1S/C20H25BrN6/c21-16-11-24-27-18(25-14-4-3-13(23)10-14)15-9-12(5-8-22)20(6-1-2-7-20)17(15)26-19(16)27/h11-14,25H,1-7,9-10,23H2/t12?,13-,14-/m0/s1. The lowest BCUT2D eigenvalue weighted by Gasteiger charge is -2.30. The van der Waals surface area contributed by atoms with Crippen molar-refractivity contribution in [2.45, 2.75) is 75.3 Å². The highest BCUT2D eigenvalue weighted by molar-refractivity contribution is 9.10. The van der Waals surface area contributed by atoms with Crippen molar-refractivity contribution in [2.75, 3.05) is 5.32 Å². The molecule has 3 aliphatic carbocycles. The second-order valence-corrected chi connectivity index (χ2v) is 9.41. The summed E-state index contributed by atoms with van der Waals surface area (Å²) in [5, 5.41) is 17.8. The van der Waals surface area contributed by atoms with E-state index in [2.05, 4.69) is 32.4 Å². The van der Waals surface area contributed by atoms with Gasteiger partial charge in [-0.3, -0.25) is 0 Å². The molecule has 3 atom stereocenters. The van der Waals surface area contributed by atoms with Crippen molar-refractivity contribution in [3.05, 3.63) is 21.9 Å². The third-order valence-electron chi connectivity index (χ3n) is 7.05. The summed E-state index contributed by atoms with van der Waals surface area (Å²) in [4.78, 5) is 5.11. The third-order valence-corrected chi connectivity index (χ3v) is 7.61. The SMILES string of the molecule is N#CCC1Cc2c(nc3c(Br)cnn3c2N[C@H]2CC[C@H](N)C2)C12CCCC2. The molecule has 5 rings (SSSR count). The van der Waals surface area contributed by atoms with Crippen LogP contribution >= 0.6 is 15.9 Å². The molecule has 2 heterocycles. The first-order valence-corrected chi connectivity index (χ1v) is 10.9. The van der Waals surface area contributed by atoms with E-state index in [-0.39, 0.29) is 11.5 Å². The van der Waals surface area contributed by atoms with Crippen LogP contribution < -0.4 is 11.1 Å². The monoisotopic (exact) mass is 428 g/mol. The van der Waals surface area contributed by atoms with Gasteiger partial charge in [-0.2, -0.15) is 14.9 Å². The Hall–Kier alpha value is -1.65.